The van der Waals surface area contributed by atoms with Gasteiger partial charge in [0.1, 0.15) is 12.1 Å². The lowest BCUT2D eigenvalue weighted by molar-refractivity contribution is -0.138. The van der Waals surface area contributed by atoms with Crippen LogP contribution in [0.25, 0.3) is 0 Å². The Balaban J connectivity index is 0. The summed E-state index contributed by atoms with van der Waals surface area (Å²) in [6.45, 7) is 0. The quantitative estimate of drug-likeness (QED) is 0.313. The van der Waals surface area contributed by atoms with Gasteiger partial charge in [0, 0.05) is 11.5 Å². The number of aliphatic carboxylic acids is 2. The summed E-state index contributed by atoms with van der Waals surface area (Å²) in [4.78, 5) is 20.5. The van der Waals surface area contributed by atoms with Crippen LogP contribution in [0.3, 0.4) is 0 Å². The molecule has 0 aliphatic heterocycles. The van der Waals surface area contributed by atoms with E-state index < -0.39 is 24.0 Å². The van der Waals surface area contributed by atoms with Crippen LogP contribution >= 0.6 is 21.6 Å². The molecule has 9 heteroatoms. The molecule has 0 amide bonds. The molecule has 0 radical (unpaired) electrons. The van der Waals surface area contributed by atoms with Crippen LogP contribution < -0.4 is 11.5 Å². The Morgan fingerprint density at radius 2 is 1.27 bits per heavy atom. The van der Waals surface area contributed by atoms with Crippen LogP contribution in [0.1, 0.15) is 0 Å². The SMILES string of the molecule is N[C@@H](CSSC[C@H](N)C(=O)O)C(=O)O.O. The fourth-order valence-electron chi connectivity index (χ4n) is 0.385. The average Bonchev–Trinajstić information content (AvgIpc) is 2.11. The minimum absolute atomic E-state index is 0. The van der Waals surface area contributed by atoms with Gasteiger partial charge < -0.3 is 27.2 Å². The lowest BCUT2D eigenvalue weighted by Crippen LogP contribution is -2.33. The van der Waals surface area contributed by atoms with Gasteiger partial charge in [-0.15, -0.1) is 0 Å². The summed E-state index contributed by atoms with van der Waals surface area (Å²) in [5.74, 6) is -1.68. The molecule has 0 aliphatic rings. The molecule has 0 saturated carbocycles. The smallest absolute Gasteiger partial charge is 0.321 e. The maximum absolute atomic E-state index is 10.3. The molecular formula is C6H14N2O5S2. The van der Waals surface area contributed by atoms with E-state index in [0.29, 0.717) is 0 Å². The van der Waals surface area contributed by atoms with E-state index in [1.54, 1.807) is 0 Å². The lowest BCUT2D eigenvalue weighted by Gasteiger charge is -2.07. The molecule has 0 saturated heterocycles. The van der Waals surface area contributed by atoms with Crippen LogP contribution in [0.2, 0.25) is 0 Å². The maximum Gasteiger partial charge on any atom is 0.321 e. The summed E-state index contributed by atoms with van der Waals surface area (Å²) in [7, 11) is 2.41. The number of hydrogen-bond acceptors (Lipinski definition) is 6. The van der Waals surface area contributed by atoms with Crippen LogP contribution in [0.15, 0.2) is 0 Å². The molecule has 90 valence electrons. The highest BCUT2D eigenvalue weighted by atomic mass is 33.1. The zero-order valence-corrected chi connectivity index (χ0v) is 9.38. The van der Waals surface area contributed by atoms with E-state index in [9.17, 15) is 9.59 Å². The molecule has 15 heavy (non-hydrogen) atoms. The van der Waals surface area contributed by atoms with E-state index in [0.717, 1.165) is 0 Å². The zero-order valence-electron chi connectivity index (χ0n) is 7.75. The highest BCUT2D eigenvalue weighted by Crippen LogP contribution is 2.22. The van der Waals surface area contributed by atoms with Gasteiger partial charge in [-0.25, -0.2) is 0 Å². The zero-order chi connectivity index (χ0) is 11.1. The molecule has 0 aliphatic carbocycles. The molecule has 0 rings (SSSR count). The van der Waals surface area contributed by atoms with E-state index in [1.807, 2.05) is 0 Å². The second-order valence-corrected chi connectivity index (χ2v) is 5.01. The Morgan fingerprint density at radius 3 is 1.47 bits per heavy atom. The third-order valence-electron chi connectivity index (χ3n) is 1.21. The number of rotatable bonds is 7. The molecule has 0 heterocycles. The van der Waals surface area contributed by atoms with Gasteiger partial charge in [0.25, 0.3) is 0 Å². The van der Waals surface area contributed by atoms with Crippen molar-refractivity contribution in [1.82, 2.24) is 0 Å². The fraction of sp³-hybridized carbons (Fsp3) is 0.667. The first-order valence-corrected chi connectivity index (χ1v) is 6.15. The van der Waals surface area contributed by atoms with Gasteiger partial charge in [0.05, 0.1) is 0 Å². The van der Waals surface area contributed by atoms with E-state index in [4.69, 9.17) is 21.7 Å². The Morgan fingerprint density at radius 1 is 1.00 bits per heavy atom. The van der Waals surface area contributed by atoms with Gasteiger partial charge in [0.15, 0.2) is 0 Å². The highest BCUT2D eigenvalue weighted by molar-refractivity contribution is 8.76. The van der Waals surface area contributed by atoms with Crippen LogP contribution in [0, 0.1) is 0 Å². The van der Waals surface area contributed by atoms with Crippen LogP contribution in [0.4, 0.5) is 0 Å². The van der Waals surface area contributed by atoms with Gasteiger partial charge in [-0.2, -0.15) is 0 Å². The predicted octanol–water partition coefficient (Wildman–Crippen LogP) is -1.63. The van der Waals surface area contributed by atoms with Crippen LogP contribution in [-0.4, -0.2) is 51.2 Å². The highest BCUT2D eigenvalue weighted by Gasteiger charge is 2.14. The average molecular weight is 258 g/mol. The second kappa shape index (κ2) is 8.80. The van der Waals surface area contributed by atoms with Crippen LogP contribution in [-0.2, 0) is 9.59 Å². The summed E-state index contributed by atoms with van der Waals surface area (Å²) in [5, 5.41) is 16.8. The molecule has 0 aromatic carbocycles. The number of carboxylic acids is 2. The topological polar surface area (TPSA) is 158 Å². The van der Waals surface area contributed by atoms with Crippen molar-refractivity contribution in [3.63, 3.8) is 0 Å². The standard InChI is InChI=1S/C6H12N2O4S2.H2O/c7-3(5(9)10)1-13-14-2-4(8)6(11)12;/h3-4H,1-2,7-8H2,(H,9,10)(H,11,12);1H2/t3-,4-;/m0./s1. The van der Waals surface area contributed by atoms with Crippen molar-refractivity contribution < 1.29 is 25.3 Å². The van der Waals surface area contributed by atoms with E-state index in [2.05, 4.69) is 0 Å². The Kier molecular flexibility index (Phi) is 9.93. The van der Waals surface area contributed by atoms with Crippen molar-refractivity contribution in [3.05, 3.63) is 0 Å². The normalized spacial score (nSPS) is 13.7. The minimum Gasteiger partial charge on any atom is -0.480 e. The molecule has 0 aromatic rings. The van der Waals surface area contributed by atoms with Crippen molar-refractivity contribution in [2.45, 2.75) is 12.1 Å². The Labute approximate surface area is 94.3 Å². The lowest BCUT2D eigenvalue weighted by atomic mass is 10.4. The number of hydrogen-bond donors (Lipinski definition) is 4. The van der Waals surface area contributed by atoms with E-state index in [-0.39, 0.29) is 17.0 Å². The molecule has 2 atom stereocenters. The van der Waals surface area contributed by atoms with Crippen LogP contribution in [0.5, 0.6) is 0 Å². The predicted molar refractivity (Wildman–Crippen MR) is 59.8 cm³/mol. The molecule has 7 nitrogen and oxygen atoms in total. The van der Waals surface area contributed by atoms with Gasteiger partial charge in [-0.05, 0) is 0 Å². The number of carbonyl (C=O) groups is 2. The van der Waals surface area contributed by atoms with E-state index in [1.165, 1.54) is 21.6 Å². The number of carboxylic acid groups (broad SMARTS) is 2. The first-order valence-electron chi connectivity index (χ1n) is 3.66. The monoisotopic (exact) mass is 258 g/mol. The molecule has 0 spiro atoms. The van der Waals surface area contributed by atoms with Crippen molar-refractivity contribution in [2.24, 2.45) is 11.5 Å². The first-order chi connectivity index (χ1) is 6.45. The molecule has 8 N–H and O–H groups in total. The third kappa shape index (κ3) is 8.51. The Hall–Kier alpha value is -0.480. The van der Waals surface area contributed by atoms with Crippen molar-refractivity contribution in [3.8, 4) is 0 Å². The summed E-state index contributed by atoms with van der Waals surface area (Å²) >= 11 is 0. The molecular weight excluding hydrogens is 244 g/mol. The minimum atomic E-state index is -1.07. The van der Waals surface area contributed by atoms with Crippen molar-refractivity contribution in [2.75, 3.05) is 11.5 Å². The largest absolute Gasteiger partial charge is 0.480 e. The van der Waals surface area contributed by atoms with Gasteiger partial charge in [0.2, 0.25) is 0 Å². The molecule has 0 aromatic heterocycles. The van der Waals surface area contributed by atoms with E-state index >= 15 is 0 Å². The van der Waals surface area contributed by atoms with Crippen molar-refractivity contribution >= 4 is 33.5 Å². The van der Waals surface area contributed by atoms with Gasteiger partial charge in [-0.1, -0.05) is 21.6 Å². The molecule has 0 unspecified atom stereocenters. The summed E-state index contributed by atoms with van der Waals surface area (Å²) in [6.07, 6.45) is 0. The third-order valence-corrected chi connectivity index (χ3v) is 3.69. The molecule has 0 fully saturated rings. The van der Waals surface area contributed by atoms with Gasteiger partial charge in [-0.3, -0.25) is 9.59 Å². The first kappa shape index (κ1) is 16.9. The summed E-state index contributed by atoms with van der Waals surface area (Å²) in [6, 6.07) is -1.85. The maximum atomic E-state index is 10.3. The summed E-state index contributed by atoms with van der Waals surface area (Å²) < 4.78 is 0. The Bertz CT molecular complexity index is 194. The van der Waals surface area contributed by atoms with Crippen molar-refractivity contribution in [1.29, 1.82) is 0 Å². The summed E-state index contributed by atoms with van der Waals surface area (Å²) in [5.41, 5.74) is 10.4. The number of nitrogens with two attached hydrogens (primary N) is 2. The fourth-order valence-corrected chi connectivity index (χ4v) is 2.61. The van der Waals surface area contributed by atoms with Gasteiger partial charge >= 0.3 is 11.9 Å². The second-order valence-electron chi connectivity index (χ2n) is 2.46. The molecule has 0 bridgehead atoms.